The second-order valence-electron chi connectivity index (χ2n) is 7.69. The molecule has 0 N–H and O–H groups in total. The summed E-state index contributed by atoms with van der Waals surface area (Å²) in [5, 5.41) is 8.33. The molecule has 0 aliphatic carbocycles. The maximum absolute atomic E-state index is 13.7. The van der Waals surface area contributed by atoms with E-state index in [1.807, 2.05) is 66.0 Å². The molecule has 34 heavy (non-hydrogen) atoms. The molecule has 0 saturated carbocycles. The van der Waals surface area contributed by atoms with Crippen LogP contribution in [0.5, 0.6) is 0 Å². The van der Waals surface area contributed by atoms with Gasteiger partial charge in [0.2, 0.25) is 17.6 Å². The molecular weight excluding hydrogens is 448 g/mol. The molecule has 2 aliphatic rings. The van der Waals surface area contributed by atoms with Crippen molar-refractivity contribution in [3.05, 3.63) is 99.9 Å². The molecule has 0 spiro atoms. The lowest BCUT2D eigenvalue weighted by Gasteiger charge is -2.34. The number of thiophene rings is 1. The molecule has 7 nitrogen and oxygen atoms in total. The summed E-state index contributed by atoms with van der Waals surface area (Å²) >= 11 is 1.50. The number of benzene rings is 2. The molecule has 0 amide bonds. The number of Topliss-reactive ketones (excluding diaryl/α,β-unsaturated/α-hetero) is 1. The standard InChI is InChI=1S/C26H22N4O3S/c1-3-33-25(32)21-17(2)27-26-29(22(21)20-15-10-16-34-20)24(23(31)18-11-6-4-7-12-18)28-30(26)19-13-8-5-9-14-19/h4-16,22H,3H2,1-2H3. The van der Waals surface area contributed by atoms with Crippen molar-refractivity contribution in [2.45, 2.75) is 19.9 Å². The SMILES string of the molecule is CCOC(=O)C1=C(C)N=C2N(c3ccccc3)N=C(C(=O)c3ccccc3)N2C1c1cccs1. The maximum Gasteiger partial charge on any atom is 0.338 e. The van der Waals surface area contributed by atoms with Gasteiger partial charge in [-0.3, -0.25) is 9.69 Å². The third kappa shape index (κ3) is 3.72. The average Bonchev–Trinajstić information content (AvgIpc) is 3.52. The zero-order valence-electron chi connectivity index (χ0n) is 18.7. The Morgan fingerprint density at radius 2 is 1.71 bits per heavy atom. The number of nitrogens with zero attached hydrogens (tertiary/aromatic N) is 4. The number of ether oxygens (including phenoxy) is 1. The first-order valence-electron chi connectivity index (χ1n) is 10.9. The molecule has 5 rings (SSSR count). The number of guanidine groups is 1. The van der Waals surface area contributed by atoms with Gasteiger partial charge in [0.05, 0.1) is 23.6 Å². The highest BCUT2D eigenvalue weighted by atomic mass is 32.1. The Kier molecular flexibility index (Phi) is 5.81. The number of amidine groups is 1. The van der Waals surface area contributed by atoms with Gasteiger partial charge in [-0.25, -0.2) is 9.79 Å². The van der Waals surface area contributed by atoms with E-state index in [0.717, 1.165) is 10.6 Å². The van der Waals surface area contributed by atoms with E-state index in [2.05, 4.69) is 0 Å². The predicted molar refractivity (Wildman–Crippen MR) is 133 cm³/mol. The summed E-state index contributed by atoms with van der Waals surface area (Å²) in [6.45, 7) is 3.80. The summed E-state index contributed by atoms with van der Waals surface area (Å²) < 4.78 is 5.39. The van der Waals surface area contributed by atoms with Crippen molar-refractivity contribution < 1.29 is 14.3 Å². The van der Waals surface area contributed by atoms with Gasteiger partial charge in [0, 0.05) is 10.4 Å². The van der Waals surface area contributed by atoms with Crippen molar-refractivity contribution in [3.63, 3.8) is 0 Å². The topological polar surface area (TPSA) is 74.6 Å². The number of ketones is 1. The van der Waals surface area contributed by atoms with Crippen molar-refractivity contribution >= 4 is 40.6 Å². The molecule has 1 unspecified atom stereocenters. The molecule has 1 aromatic heterocycles. The number of hydrogen-bond acceptors (Lipinski definition) is 8. The fourth-order valence-corrected chi connectivity index (χ4v) is 4.88. The lowest BCUT2D eigenvalue weighted by Crippen LogP contribution is -2.46. The van der Waals surface area contributed by atoms with Crippen molar-refractivity contribution in [1.82, 2.24) is 4.90 Å². The number of anilines is 1. The van der Waals surface area contributed by atoms with E-state index in [1.165, 1.54) is 11.3 Å². The lowest BCUT2D eigenvalue weighted by atomic mass is 9.98. The molecule has 2 aromatic carbocycles. The number of aliphatic imine (C=N–C) groups is 1. The zero-order valence-corrected chi connectivity index (χ0v) is 19.5. The van der Waals surface area contributed by atoms with Gasteiger partial charge in [0.15, 0.2) is 0 Å². The Labute approximate surface area is 201 Å². The number of fused-ring (bicyclic) bond motifs is 1. The second-order valence-corrected chi connectivity index (χ2v) is 8.66. The van der Waals surface area contributed by atoms with Crippen LogP contribution in [-0.4, -0.2) is 35.1 Å². The number of para-hydroxylation sites is 1. The average molecular weight is 471 g/mol. The molecule has 3 aromatic rings. The van der Waals surface area contributed by atoms with Crippen LogP contribution in [0.15, 0.2) is 99.5 Å². The van der Waals surface area contributed by atoms with E-state index in [0.29, 0.717) is 22.8 Å². The Morgan fingerprint density at radius 1 is 1.00 bits per heavy atom. The number of carbonyl (C=O) groups excluding carboxylic acids is 2. The second kappa shape index (κ2) is 9.07. The number of carbonyl (C=O) groups is 2. The van der Waals surface area contributed by atoms with Crippen LogP contribution >= 0.6 is 11.3 Å². The van der Waals surface area contributed by atoms with Gasteiger partial charge in [-0.15, -0.1) is 16.4 Å². The molecule has 0 radical (unpaired) electrons. The fourth-order valence-electron chi connectivity index (χ4n) is 4.06. The normalized spacial score (nSPS) is 17.3. The lowest BCUT2D eigenvalue weighted by molar-refractivity contribution is -0.139. The smallest absolute Gasteiger partial charge is 0.338 e. The minimum absolute atomic E-state index is 0.196. The van der Waals surface area contributed by atoms with Crippen molar-refractivity contribution in [1.29, 1.82) is 0 Å². The summed E-state index contributed by atoms with van der Waals surface area (Å²) in [5.41, 5.74) is 2.20. The van der Waals surface area contributed by atoms with Gasteiger partial charge in [0.1, 0.15) is 6.04 Å². The molecule has 0 fully saturated rings. The molecule has 1 atom stereocenters. The van der Waals surface area contributed by atoms with Crippen molar-refractivity contribution in [2.24, 2.45) is 10.1 Å². The van der Waals surface area contributed by atoms with Crippen LogP contribution in [0.4, 0.5) is 5.69 Å². The number of esters is 1. The maximum atomic E-state index is 13.7. The van der Waals surface area contributed by atoms with Gasteiger partial charge < -0.3 is 4.74 Å². The Balaban J connectivity index is 1.71. The van der Waals surface area contributed by atoms with E-state index >= 15 is 0 Å². The number of hydrazone groups is 1. The quantitative estimate of drug-likeness (QED) is 0.374. The van der Waals surface area contributed by atoms with Crippen LogP contribution in [0.3, 0.4) is 0 Å². The van der Waals surface area contributed by atoms with Crippen LogP contribution in [-0.2, 0) is 9.53 Å². The minimum atomic E-state index is -0.591. The Bertz CT molecular complexity index is 1310. The highest BCUT2D eigenvalue weighted by molar-refractivity contribution is 7.10. The molecule has 2 aliphatic heterocycles. The van der Waals surface area contributed by atoms with E-state index < -0.39 is 12.0 Å². The zero-order chi connectivity index (χ0) is 23.7. The van der Waals surface area contributed by atoms with Gasteiger partial charge in [-0.05, 0) is 37.4 Å². The summed E-state index contributed by atoms with van der Waals surface area (Å²) in [7, 11) is 0. The first-order chi connectivity index (χ1) is 16.6. The molecule has 170 valence electrons. The van der Waals surface area contributed by atoms with Crippen molar-refractivity contribution in [3.8, 4) is 0 Å². The van der Waals surface area contributed by atoms with Crippen molar-refractivity contribution in [2.75, 3.05) is 11.6 Å². The summed E-state index contributed by atoms with van der Waals surface area (Å²) in [4.78, 5) is 34.2. The minimum Gasteiger partial charge on any atom is -0.463 e. The number of rotatable bonds is 6. The number of hydrogen-bond donors (Lipinski definition) is 0. The van der Waals surface area contributed by atoms with Crippen LogP contribution in [0.2, 0.25) is 0 Å². The first-order valence-corrected chi connectivity index (χ1v) is 11.8. The van der Waals surface area contributed by atoms with Gasteiger partial charge in [-0.1, -0.05) is 54.6 Å². The Morgan fingerprint density at radius 3 is 2.35 bits per heavy atom. The monoisotopic (exact) mass is 470 g/mol. The van der Waals surface area contributed by atoms with Crippen LogP contribution < -0.4 is 5.01 Å². The van der Waals surface area contributed by atoms with E-state index in [4.69, 9.17) is 14.8 Å². The third-order valence-electron chi connectivity index (χ3n) is 5.56. The number of allylic oxidation sites excluding steroid dienone is 1. The van der Waals surface area contributed by atoms with E-state index in [1.54, 1.807) is 35.9 Å². The Hall–Kier alpha value is -4.04. The van der Waals surface area contributed by atoms with Crippen LogP contribution in [0, 0.1) is 0 Å². The van der Waals surface area contributed by atoms with Crippen LogP contribution in [0.1, 0.15) is 35.1 Å². The molecule has 3 heterocycles. The van der Waals surface area contributed by atoms with E-state index in [-0.39, 0.29) is 18.2 Å². The van der Waals surface area contributed by atoms with Crippen LogP contribution in [0.25, 0.3) is 0 Å². The fraction of sp³-hybridized carbons (Fsp3) is 0.154. The van der Waals surface area contributed by atoms with Gasteiger partial charge in [-0.2, -0.15) is 5.01 Å². The summed E-state index contributed by atoms with van der Waals surface area (Å²) in [6.07, 6.45) is 0. The summed E-state index contributed by atoms with van der Waals surface area (Å²) in [5.74, 6) is -0.0437. The molecular formula is C26H22N4O3S. The van der Waals surface area contributed by atoms with Gasteiger partial charge in [0.25, 0.3) is 0 Å². The predicted octanol–water partition coefficient (Wildman–Crippen LogP) is 5.01. The third-order valence-corrected chi connectivity index (χ3v) is 6.49. The molecule has 0 saturated heterocycles. The largest absolute Gasteiger partial charge is 0.463 e. The summed E-state index contributed by atoms with van der Waals surface area (Å²) in [6, 6.07) is 21.8. The van der Waals surface area contributed by atoms with Gasteiger partial charge >= 0.3 is 5.97 Å². The highest BCUT2D eigenvalue weighted by Crippen LogP contribution is 2.41. The first kappa shape index (κ1) is 21.8. The van der Waals surface area contributed by atoms with E-state index in [9.17, 15) is 9.59 Å². The highest BCUT2D eigenvalue weighted by Gasteiger charge is 2.47. The molecule has 0 bridgehead atoms. The molecule has 8 heteroatoms.